The van der Waals surface area contributed by atoms with E-state index in [4.69, 9.17) is 16.7 Å². The number of aliphatic carboxylic acids is 1. The fourth-order valence-electron chi connectivity index (χ4n) is 2.19. The molecule has 0 spiro atoms. The third-order valence-electron chi connectivity index (χ3n) is 3.43. The third-order valence-corrected chi connectivity index (χ3v) is 3.66. The summed E-state index contributed by atoms with van der Waals surface area (Å²) in [6, 6.07) is 5.65. The van der Waals surface area contributed by atoms with E-state index in [9.17, 15) is 23.6 Å². The number of carbonyl (C=O) groups is 1. The van der Waals surface area contributed by atoms with Crippen LogP contribution in [0.15, 0.2) is 35.3 Å². The molecule has 0 amide bonds. The molecule has 9 heteroatoms. The van der Waals surface area contributed by atoms with Crippen LogP contribution in [0.25, 0.3) is 11.1 Å². The second kappa shape index (κ2) is 7.32. The number of carboxylic acids is 1. The lowest BCUT2D eigenvalue weighted by Crippen LogP contribution is -2.27. The van der Waals surface area contributed by atoms with Gasteiger partial charge in [0.25, 0.3) is 5.56 Å². The first-order valence-electron chi connectivity index (χ1n) is 6.88. The quantitative estimate of drug-likeness (QED) is 0.874. The number of halogens is 3. The number of hydrogen-bond acceptors (Lipinski definition) is 4. The average molecular weight is 369 g/mol. The molecule has 1 atom stereocenters. The Morgan fingerprint density at radius 3 is 2.60 bits per heavy atom. The molecular formula is C16H11ClF2N2O4. The van der Waals surface area contributed by atoms with Crippen molar-refractivity contribution in [1.29, 1.82) is 5.26 Å². The molecule has 0 saturated carbocycles. The first-order valence-corrected chi connectivity index (χ1v) is 7.26. The van der Waals surface area contributed by atoms with Crippen LogP contribution in [0.4, 0.5) is 8.78 Å². The molecule has 0 aliphatic rings. The molecule has 1 aromatic carbocycles. The Hall–Kier alpha value is -2.92. The van der Waals surface area contributed by atoms with Crippen LogP contribution in [-0.4, -0.2) is 22.3 Å². The van der Waals surface area contributed by atoms with Crippen molar-refractivity contribution in [3.05, 3.63) is 51.4 Å². The van der Waals surface area contributed by atoms with Crippen LogP contribution >= 0.6 is 11.6 Å². The number of hydrogen-bond donors (Lipinski definition) is 1. The molecule has 0 fully saturated rings. The van der Waals surface area contributed by atoms with Crippen molar-refractivity contribution in [2.24, 2.45) is 0 Å². The highest BCUT2D eigenvalue weighted by Gasteiger charge is 2.21. The molecule has 1 N–H and O–H groups in total. The van der Waals surface area contributed by atoms with Crippen molar-refractivity contribution in [3.8, 4) is 22.9 Å². The summed E-state index contributed by atoms with van der Waals surface area (Å²) in [5.74, 6) is -1.76. The van der Waals surface area contributed by atoms with Gasteiger partial charge in [0.1, 0.15) is 11.8 Å². The molecule has 0 saturated heterocycles. The van der Waals surface area contributed by atoms with Crippen molar-refractivity contribution in [3.63, 3.8) is 0 Å². The summed E-state index contributed by atoms with van der Waals surface area (Å²) in [5.41, 5.74) is -0.626. The van der Waals surface area contributed by atoms with Crippen molar-refractivity contribution in [1.82, 2.24) is 4.57 Å². The van der Waals surface area contributed by atoms with Gasteiger partial charge in [0.2, 0.25) is 0 Å². The Bertz CT molecular complexity index is 921. The summed E-state index contributed by atoms with van der Waals surface area (Å²) in [7, 11) is 0. The summed E-state index contributed by atoms with van der Waals surface area (Å²) < 4.78 is 30.7. The minimum absolute atomic E-state index is 0.0850. The standard InChI is InChI=1S/C16H11ClF2N2O4/c1-8(15(23)24)21-7-13(25-16(18)19)12(5-14(21)22)11-4-10(17)3-2-9(11)6-20/h2-5,7-8,16H,1H3,(H,23,24). The van der Waals surface area contributed by atoms with E-state index in [0.29, 0.717) is 0 Å². The number of carboxylic acid groups (broad SMARTS) is 1. The Morgan fingerprint density at radius 2 is 2.04 bits per heavy atom. The maximum atomic E-state index is 12.8. The predicted molar refractivity (Wildman–Crippen MR) is 84.8 cm³/mol. The molecular weight excluding hydrogens is 358 g/mol. The van der Waals surface area contributed by atoms with E-state index in [1.54, 1.807) is 0 Å². The number of benzene rings is 1. The highest BCUT2D eigenvalue weighted by atomic mass is 35.5. The Kier molecular flexibility index (Phi) is 5.39. The Morgan fingerprint density at radius 1 is 1.36 bits per heavy atom. The number of ether oxygens (including phenoxy) is 1. The van der Waals surface area contributed by atoms with Gasteiger partial charge in [-0.15, -0.1) is 0 Å². The monoisotopic (exact) mass is 368 g/mol. The summed E-state index contributed by atoms with van der Waals surface area (Å²) in [5, 5.41) is 18.4. The van der Waals surface area contributed by atoms with Gasteiger partial charge in [0.15, 0.2) is 0 Å². The van der Waals surface area contributed by atoms with Crippen LogP contribution in [0.3, 0.4) is 0 Å². The van der Waals surface area contributed by atoms with Gasteiger partial charge < -0.3 is 9.84 Å². The van der Waals surface area contributed by atoms with E-state index < -0.39 is 29.9 Å². The second-order valence-corrected chi connectivity index (χ2v) is 5.43. The lowest BCUT2D eigenvalue weighted by atomic mass is 10.0. The topological polar surface area (TPSA) is 92.3 Å². The van der Waals surface area contributed by atoms with Gasteiger partial charge >= 0.3 is 12.6 Å². The zero-order chi connectivity index (χ0) is 18.7. The van der Waals surface area contributed by atoms with E-state index in [2.05, 4.69) is 4.74 Å². The second-order valence-electron chi connectivity index (χ2n) is 4.99. The molecule has 0 bridgehead atoms. The van der Waals surface area contributed by atoms with Crippen LogP contribution in [0.2, 0.25) is 5.02 Å². The number of nitrogens with zero attached hydrogens (tertiary/aromatic N) is 2. The first-order chi connectivity index (χ1) is 11.7. The van der Waals surface area contributed by atoms with Gasteiger partial charge in [-0.3, -0.25) is 9.36 Å². The molecule has 0 aliphatic carbocycles. The zero-order valence-corrected chi connectivity index (χ0v) is 13.5. The van der Waals surface area contributed by atoms with Crippen LogP contribution in [0, 0.1) is 11.3 Å². The van der Waals surface area contributed by atoms with Gasteiger partial charge in [-0.2, -0.15) is 14.0 Å². The molecule has 1 heterocycles. The largest absolute Gasteiger partial charge is 0.480 e. The minimum atomic E-state index is -3.21. The van der Waals surface area contributed by atoms with E-state index in [1.165, 1.54) is 25.1 Å². The van der Waals surface area contributed by atoms with E-state index >= 15 is 0 Å². The molecule has 2 rings (SSSR count). The molecule has 1 unspecified atom stereocenters. The predicted octanol–water partition coefficient (Wildman–Crippen LogP) is 3.29. The van der Waals surface area contributed by atoms with E-state index in [0.717, 1.165) is 16.8 Å². The van der Waals surface area contributed by atoms with Crippen molar-refractivity contribution in [2.45, 2.75) is 19.6 Å². The molecule has 2 aromatic rings. The normalized spacial score (nSPS) is 11.8. The summed E-state index contributed by atoms with van der Waals surface area (Å²) in [4.78, 5) is 23.3. The maximum Gasteiger partial charge on any atom is 0.387 e. The fourth-order valence-corrected chi connectivity index (χ4v) is 2.36. The fraction of sp³-hybridized carbons (Fsp3) is 0.188. The molecule has 0 aliphatic heterocycles. The van der Waals surface area contributed by atoms with Crippen LogP contribution in [0.1, 0.15) is 18.5 Å². The molecule has 6 nitrogen and oxygen atoms in total. The van der Waals surface area contributed by atoms with Crippen LogP contribution in [-0.2, 0) is 4.79 Å². The third kappa shape index (κ3) is 3.95. The highest BCUT2D eigenvalue weighted by Crippen LogP contribution is 2.34. The molecule has 130 valence electrons. The van der Waals surface area contributed by atoms with Crippen LogP contribution < -0.4 is 10.3 Å². The van der Waals surface area contributed by atoms with E-state index in [1.807, 2.05) is 6.07 Å². The molecule has 1 aromatic heterocycles. The summed E-state index contributed by atoms with van der Waals surface area (Å²) >= 11 is 5.89. The summed E-state index contributed by atoms with van der Waals surface area (Å²) in [6.45, 7) is -2.00. The van der Waals surface area contributed by atoms with Crippen molar-refractivity contribution < 1.29 is 23.4 Å². The lowest BCUT2D eigenvalue weighted by Gasteiger charge is -2.17. The number of alkyl halides is 2. The number of nitriles is 1. The van der Waals surface area contributed by atoms with E-state index in [-0.39, 0.29) is 21.7 Å². The first kappa shape index (κ1) is 18.4. The smallest absolute Gasteiger partial charge is 0.387 e. The maximum absolute atomic E-state index is 12.8. The number of aromatic nitrogens is 1. The minimum Gasteiger partial charge on any atom is -0.480 e. The lowest BCUT2D eigenvalue weighted by molar-refractivity contribution is -0.140. The number of rotatable bonds is 5. The molecule has 0 radical (unpaired) electrons. The van der Waals surface area contributed by atoms with Crippen LogP contribution in [0.5, 0.6) is 5.75 Å². The van der Waals surface area contributed by atoms with Gasteiger partial charge in [-0.1, -0.05) is 11.6 Å². The number of pyridine rings is 1. The summed E-state index contributed by atoms with van der Waals surface area (Å²) in [6.07, 6.45) is 0.880. The highest BCUT2D eigenvalue weighted by molar-refractivity contribution is 6.31. The SMILES string of the molecule is CC(C(=O)O)n1cc(OC(F)F)c(-c2cc(Cl)ccc2C#N)cc1=O. The zero-order valence-electron chi connectivity index (χ0n) is 12.7. The van der Waals surface area contributed by atoms with Crippen molar-refractivity contribution in [2.75, 3.05) is 0 Å². The Labute approximate surface area is 145 Å². The van der Waals surface area contributed by atoms with Gasteiger partial charge in [-0.05, 0) is 25.1 Å². The van der Waals surface area contributed by atoms with Gasteiger partial charge in [-0.25, -0.2) is 4.79 Å². The van der Waals surface area contributed by atoms with Gasteiger partial charge in [0.05, 0.1) is 17.8 Å². The molecule has 25 heavy (non-hydrogen) atoms. The van der Waals surface area contributed by atoms with Crippen molar-refractivity contribution >= 4 is 17.6 Å². The van der Waals surface area contributed by atoms with Gasteiger partial charge in [0, 0.05) is 22.2 Å². The average Bonchev–Trinajstić information content (AvgIpc) is 2.54. The Balaban J connectivity index is 2.76.